The fourth-order valence-electron chi connectivity index (χ4n) is 2.18. The zero-order chi connectivity index (χ0) is 17.2. The summed E-state index contributed by atoms with van der Waals surface area (Å²) in [7, 11) is 0. The average Bonchev–Trinajstić information content (AvgIpc) is 2.82. The lowest BCUT2D eigenvalue weighted by atomic mass is 10.1. The van der Waals surface area contributed by atoms with E-state index in [1.165, 1.54) is 12.1 Å². The Balaban J connectivity index is 2.04. The summed E-state index contributed by atoms with van der Waals surface area (Å²) < 4.78 is 43.2. The second-order valence-electron chi connectivity index (χ2n) is 5.18. The summed E-state index contributed by atoms with van der Waals surface area (Å²) in [5.41, 5.74) is -0.430. The van der Waals surface area contributed by atoms with Gasteiger partial charge in [0.2, 0.25) is 0 Å². The molecule has 0 bridgehead atoms. The smallest absolute Gasteiger partial charge is 0.416 e. The molecule has 1 heterocycles. The molecule has 0 fully saturated rings. The van der Waals surface area contributed by atoms with Gasteiger partial charge in [-0.3, -0.25) is 4.79 Å². The topological polar surface area (TPSA) is 62.5 Å². The number of rotatable bonds is 4. The average molecular weight is 327 g/mol. The molecule has 23 heavy (non-hydrogen) atoms. The lowest BCUT2D eigenvalue weighted by Gasteiger charge is -2.14. The molecule has 2 aromatic rings. The fourth-order valence-corrected chi connectivity index (χ4v) is 2.18. The third-order valence-corrected chi connectivity index (χ3v) is 3.34. The summed E-state index contributed by atoms with van der Waals surface area (Å²) in [5.74, 6) is 0.560. The summed E-state index contributed by atoms with van der Waals surface area (Å²) in [5, 5.41) is 12.5. The molecule has 0 spiro atoms. The molecule has 0 aliphatic carbocycles. The number of carbonyl (C=O) groups is 1. The van der Waals surface area contributed by atoms with E-state index >= 15 is 0 Å². The van der Waals surface area contributed by atoms with Crippen LogP contribution in [0.15, 0.2) is 34.7 Å². The van der Waals surface area contributed by atoms with Crippen LogP contribution >= 0.6 is 0 Å². The van der Waals surface area contributed by atoms with Crippen molar-refractivity contribution in [2.75, 3.05) is 6.54 Å². The third kappa shape index (κ3) is 4.13. The summed E-state index contributed by atoms with van der Waals surface area (Å²) in [6, 6.07) is 5.93. The van der Waals surface area contributed by atoms with Crippen molar-refractivity contribution in [2.24, 2.45) is 0 Å². The van der Waals surface area contributed by atoms with Crippen LogP contribution in [0.5, 0.6) is 0 Å². The third-order valence-electron chi connectivity index (χ3n) is 3.34. The number of furan rings is 1. The highest BCUT2D eigenvalue weighted by Crippen LogP contribution is 2.30. The minimum atomic E-state index is -4.48. The number of nitrogens with one attached hydrogen (secondary N) is 1. The number of benzene rings is 1. The number of alkyl halides is 3. The van der Waals surface area contributed by atoms with Crippen LogP contribution in [0.3, 0.4) is 0 Å². The first-order valence-electron chi connectivity index (χ1n) is 6.89. The molecule has 1 aromatic heterocycles. The van der Waals surface area contributed by atoms with Crippen molar-refractivity contribution in [1.82, 2.24) is 5.32 Å². The van der Waals surface area contributed by atoms with E-state index in [0.717, 1.165) is 12.1 Å². The van der Waals surface area contributed by atoms with Crippen molar-refractivity contribution < 1.29 is 27.5 Å². The van der Waals surface area contributed by atoms with Gasteiger partial charge in [-0.25, -0.2) is 0 Å². The van der Waals surface area contributed by atoms with Crippen LogP contribution < -0.4 is 5.32 Å². The highest BCUT2D eigenvalue weighted by Gasteiger charge is 2.30. The Labute approximate surface area is 130 Å². The van der Waals surface area contributed by atoms with Crippen LogP contribution in [0.4, 0.5) is 13.2 Å². The molecule has 124 valence electrons. The van der Waals surface area contributed by atoms with E-state index in [0.29, 0.717) is 17.1 Å². The molecule has 2 rings (SSSR count). The highest BCUT2D eigenvalue weighted by atomic mass is 19.4. The molecule has 1 amide bonds. The Morgan fingerprint density at radius 1 is 1.30 bits per heavy atom. The van der Waals surface area contributed by atoms with Crippen LogP contribution in [0.1, 0.15) is 39.1 Å². The first-order chi connectivity index (χ1) is 10.7. The van der Waals surface area contributed by atoms with Gasteiger partial charge in [-0.1, -0.05) is 12.1 Å². The normalized spacial score (nSPS) is 13.0. The number of halogens is 3. The molecule has 0 saturated heterocycles. The van der Waals surface area contributed by atoms with E-state index in [2.05, 4.69) is 5.32 Å². The predicted molar refractivity (Wildman–Crippen MR) is 76.9 cm³/mol. The lowest BCUT2D eigenvalue weighted by molar-refractivity contribution is -0.137. The number of aliphatic hydroxyl groups is 1. The number of amides is 1. The van der Waals surface area contributed by atoms with Crippen LogP contribution in [-0.2, 0) is 6.18 Å². The fraction of sp³-hybridized carbons (Fsp3) is 0.312. The van der Waals surface area contributed by atoms with Gasteiger partial charge in [-0.2, -0.15) is 13.2 Å². The van der Waals surface area contributed by atoms with Gasteiger partial charge < -0.3 is 14.8 Å². The molecule has 1 unspecified atom stereocenters. The van der Waals surface area contributed by atoms with Crippen molar-refractivity contribution in [3.8, 4) is 0 Å². The summed E-state index contributed by atoms with van der Waals surface area (Å²) in [6.07, 6.45) is -5.72. The van der Waals surface area contributed by atoms with Gasteiger partial charge in [-0.05, 0) is 37.6 Å². The van der Waals surface area contributed by atoms with Gasteiger partial charge >= 0.3 is 6.18 Å². The minimum absolute atomic E-state index is 0.0835. The second kappa shape index (κ2) is 6.45. The van der Waals surface area contributed by atoms with Gasteiger partial charge in [-0.15, -0.1) is 0 Å². The molecule has 1 atom stereocenters. The van der Waals surface area contributed by atoms with Gasteiger partial charge in [0.25, 0.3) is 5.91 Å². The van der Waals surface area contributed by atoms with E-state index < -0.39 is 23.8 Å². The number of hydrogen-bond donors (Lipinski definition) is 2. The van der Waals surface area contributed by atoms with Gasteiger partial charge in [0, 0.05) is 6.54 Å². The van der Waals surface area contributed by atoms with Crippen LogP contribution in [0.25, 0.3) is 0 Å². The quantitative estimate of drug-likeness (QED) is 0.905. The van der Waals surface area contributed by atoms with E-state index in [9.17, 15) is 23.1 Å². The predicted octanol–water partition coefficient (Wildman–Crippen LogP) is 3.38. The van der Waals surface area contributed by atoms with Gasteiger partial charge in [0.05, 0.1) is 17.2 Å². The Bertz CT molecular complexity index is 707. The van der Waals surface area contributed by atoms with Crippen molar-refractivity contribution in [1.29, 1.82) is 0 Å². The van der Waals surface area contributed by atoms with E-state index in [4.69, 9.17) is 4.42 Å². The van der Waals surface area contributed by atoms with Crippen molar-refractivity contribution >= 4 is 5.91 Å². The highest BCUT2D eigenvalue weighted by molar-refractivity contribution is 5.95. The standard InChI is InChI=1S/C16H16F3NO3/c1-9-6-13(10(2)23-9)15(22)20-8-14(21)11-4-3-5-12(7-11)16(17,18)19/h3-7,14,21H,8H2,1-2H3,(H,20,22). The Morgan fingerprint density at radius 2 is 2.00 bits per heavy atom. The molecular formula is C16H16F3NO3. The second-order valence-corrected chi connectivity index (χ2v) is 5.18. The van der Waals surface area contributed by atoms with Crippen molar-refractivity contribution in [2.45, 2.75) is 26.1 Å². The Hall–Kier alpha value is -2.28. The maximum Gasteiger partial charge on any atom is 0.416 e. The van der Waals surface area contributed by atoms with Gasteiger partial charge in [0.1, 0.15) is 11.5 Å². The molecule has 4 nitrogen and oxygen atoms in total. The number of aryl methyl sites for hydroxylation is 2. The van der Waals surface area contributed by atoms with Crippen LogP contribution in [0, 0.1) is 13.8 Å². The number of carbonyl (C=O) groups excluding carboxylic acids is 1. The molecule has 0 aliphatic rings. The van der Waals surface area contributed by atoms with Crippen LogP contribution in [-0.4, -0.2) is 17.6 Å². The first kappa shape index (κ1) is 17.1. The maximum absolute atomic E-state index is 12.7. The monoisotopic (exact) mass is 327 g/mol. The summed E-state index contributed by atoms with van der Waals surface area (Å²) in [4.78, 5) is 12.0. The van der Waals surface area contributed by atoms with E-state index in [1.54, 1.807) is 19.9 Å². The largest absolute Gasteiger partial charge is 0.466 e. The first-order valence-corrected chi connectivity index (χ1v) is 6.89. The zero-order valence-corrected chi connectivity index (χ0v) is 12.6. The molecule has 0 aliphatic heterocycles. The van der Waals surface area contributed by atoms with E-state index in [1.807, 2.05) is 0 Å². The van der Waals surface area contributed by atoms with Gasteiger partial charge in [0.15, 0.2) is 0 Å². The van der Waals surface area contributed by atoms with Crippen molar-refractivity contribution in [3.05, 3.63) is 58.5 Å². The minimum Gasteiger partial charge on any atom is -0.466 e. The molecule has 2 N–H and O–H groups in total. The molecule has 0 saturated carbocycles. The maximum atomic E-state index is 12.7. The summed E-state index contributed by atoms with van der Waals surface area (Å²) in [6.45, 7) is 3.12. The number of aliphatic hydroxyl groups excluding tert-OH is 1. The molecule has 1 aromatic carbocycles. The van der Waals surface area contributed by atoms with E-state index in [-0.39, 0.29) is 12.1 Å². The number of hydrogen-bond acceptors (Lipinski definition) is 3. The molecular weight excluding hydrogens is 311 g/mol. The zero-order valence-electron chi connectivity index (χ0n) is 12.6. The van der Waals surface area contributed by atoms with Crippen molar-refractivity contribution in [3.63, 3.8) is 0 Å². The molecule has 0 radical (unpaired) electrons. The van der Waals surface area contributed by atoms with Crippen LogP contribution in [0.2, 0.25) is 0 Å². The lowest BCUT2D eigenvalue weighted by Crippen LogP contribution is -2.28. The summed E-state index contributed by atoms with van der Waals surface area (Å²) >= 11 is 0. The Morgan fingerprint density at radius 3 is 2.57 bits per heavy atom. The molecule has 7 heteroatoms. The Kier molecular flexibility index (Phi) is 4.79. The SMILES string of the molecule is Cc1cc(C(=O)NCC(O)c2cccc(C(F)(F)F)c2)c(C)o1.